The van der Waals surface area contributed by atoms with Gasteiger partial charge >= 0.3 is 0 Å². The van der Waals surface area contributed by atoms with Crippen molar-refractivity contribution < 1.29 is 4.79 Å². The minimum atomic E-state index is -0.0633. The molecule has 0 aliphatic heterocycles. The summed E-state index contributed by atoms with van der Waals surface area (Å²) < 4.78 is 0. The molecule has 1 fully saturated rings. The van der Waals surface area contributed by atoms with Gasteiger partial charge in [0.05, 0.1) is 5.56 Å². The van der Waals surface area contributed by atoms with E-state index in [1.54, 1.807) is 12.1 Å². The van der Waals surface area contributed by atoms with Gasteiger partial charge in [0.1, 0.15) is 5.15 Å². The van der Waals surface area contributed by atoms with Crippen LogP contribution in [0.25, 0.3) is 0 Å². The predicted molar refractivity (Wildman–Crippen MR) is 49.7 cm³/mol. The Bertz CT molecular complexity index is 319. The first-order valence-corrected chi connectivity index (χ1v) is 4.56. The molecule has 1 aliphatic carbocycles. The van der Waals surface area contributed by atoms with E-state index in [1.165, 1.54) is 6.20 Å². The molecule has 1 saturated carbocycles. The van der Waals surface area contributed by atoms with Gasteiger partial charge in [-0.1, -0.05) is 11.6 Å². The summed E-state index contributed by atoms with van der Waals surface area (Å²) in [6, 6.07) is 3.67. The van der Waals surface area contributed by atoms with Crippen molar-refractivity contribution in [3.63, 3.8) is 0 Å². The van der Waals surface area contributed by atoms with E-state index < -0.39 is 0 Å². The molecule has 0 spiro atoms. The number of carbonyl (C=O) groups is 1. The normalized spacial score (nSPS) is 15.5. The third-order valence-corrected chi connectivity index (χ3v) is 2.13. The molecule has 0 unspecified atom stereocenters. The van der Waals surface area contributed by atoms with Gasteiger partial charge in [0.25, 0.3) is 5.91 Å². The first kappa shape index (κ1) is 8.51. The highest BCUT2D eigenvalue weighted by Gasteiger charge is 2.23. The number of hydrogen-bond donors (Lipinski definition) is 1. The Kier molecular flexibility index (Phi) is 2.19. The number of aromatic nitrogens is 1. The molecule has 0 radical (unpaired) electrons. The Morgan fingerprint density at radius 1 is 1.54 bits per heavy atom. The van der Waals surface area contributed by atoms with Crippen molar-refractivity contribution in [1.29, 1.82) is 0 Å². The van der Waals surface area contributed by atoms with Crippen molar-refractivity contribution in [3.05, 3.63) is 29.0 Å². The van der Waals surface area contributed by atoms with Crippen LogP contribution in [0.5, 0.6) is 0 Å². The van der Waals surface area contributed by atoms with Gasteiger partial charge < -0.3 is 5.32 Å². The van der Waals surface area contributed by atoms with Crippen molar-refractivity contribution in [2.24, 2.45) is 0 Å². The summed E-state index contributed by atoms with van der Waals surface area (Å²) in [6.45, 7) is 0. The Balaban J connectivity index is 2.05. The van der Waals surface area contributed by atoms with Crippen LogP contribution in [0.3, 0.4) is 0 Å². The van der Waals surface area contributed by atoms with Crippen LogP contribution in [0.1, 0.15) is 23.2 Å². The van der Waals surface area contributed by atoms with Crippen LogP contribution in [0.15, 0.2) is 18.3 Å². The molecule has 1 aliphatic rings. The zero-order valence-electron chi connectivity index (χ0n) is 6.96. The Morgan fingerprint density at radius 2 is 2.31 bits per heavy atom. The summed E-state index contributed by atoms with van der Waals surface area (Å²) >= 11 is 5.59. The van der Waals surface area contributed by atoms with Crippen LogP contribution >= 0.6 is 11.6 Å². The molecule has 3 nitrogen and oxygen atoms in total. The van der Waals surface area contributed by atoms with E-state index in [-0.39, 0.29) is 5.91 Å². The van der Waals surface area contributed by atoms with Gasteiger partial charge in [0, 0.05) is 12.2 Å². The predicted octanol–water partition coefficient (Wildman–Crippen LogP) is 1.63. The number of halogens is 1. The Labute approximate surface area is 81.1 Å². The topological polar surface area (TPSA) is 42.0 Å². The van der Waals surface area contributed by atoms with Crippen LogP contribution < -0.4 is 5.32 Å². The van der Waals surface area contributed by atoms with Gasteiger partial charge in [-0.05, 0) is 25.0 Å². The maximum atomic E-state index is 11.4. The second-order valence-corrected chi connectivity index (χ2v) is 3.50. The van der Waals surface area contributed by atoms with Crippen molar-refractivity contribution in [2.75, 3.05) is 0 Å². The largest absolute Gasteiger partial charge is 0.349 e. The molecule has 13 heavy (non-hydrogen) atoms. The van der Waals surface area contributed by atoms with Crippen LogP contribution in [-0.4, -0.2) is 16.9 Å². The van der Waals surface area contributed by atoms with Gasteiger partial charge in [-0.15, -0.1) is 0 Å². The molecule has 2 rings (SSSR count). The highest BCUT2D eigenvalue weighted by atomic mass is 35.5. The Hall–Kier alpha value is -1.09. The van der Waals surface area contributed by atoms with Crippen molar-refractivity contribution in [3.8, 4) is 0 Å². The first-order chi connectivity index (χ1) is 6.25. The monoisotopic (exact) mass is 196 g/mol. The van der Waals surface area contributed by atoms with E-state index >= 15 is 0 Å². The van der Waals surface area contributed by atoms with E-state index in [1.807, 2.05) is 0 Å². The number of amides is 1. The molecule has 4 heteroatoms. The Morgan fingerprint density at radius 3 is 2.85 bits per heavy atom. The number of rotatable bonds is 2. The average molecular weight is 197 g/mol. The second-order valence-electron chi connectivity index (χ2n) is 3.12. The van der Waals surface area contributed by atoms with Gasteiger partial charge in [-0.2, -0.15) is 0 Å². The summed E-state index contributed by atoms with van der Waals surface area (Å²) in [5.74, 6) is -0.0633. The molecule has 0 bridgehead atoms. The maximum absolute atomic E-state index is 11.4. The molecule has 68 valence electrons. The van der Waals surface area contributed by atoms with Crippen LogP contribution in [0.2, 0.25) is 5.15 Å². The smallest absolute Gasteiger partial charge is 0.253 e. The molecular formula is C9H9ClN2O. The van der Waals surface area contributed by atoms with Gasteiger partial charge in [0.2, 0.25) is 0 Å². The first-order valence-electron chi connectivity index (χ1n) is 4.18. The lowest BCUT2D eigenvalue weighted by Gasteiger charge is -2.01. The van der Waals surface area contributed by atoms with E-state index in [0.717, 1.165) is 12.8 Å². The SMILES string of the molecule is O=C(NC1CC1)c1ccc(Cl)nc1. The zero-order valence-corrected chi connectivity index (χ0v) is 7.71. The van der Waals surface area contributed by atoms with Crippen molar-refractivity contribution in [2.45, 2.75) is 18.9 Å². The lowest BCUT2D eigenvalue weighted by molar-refractivity contribution is 0.0950. The molecule has 0 atom stereocenters. The fourth-order valence-corrected chi connectivity index (χ4v) is 1.12. The number of pyridine rings is 1. The third kappa shape index (κ3) is 2.18. The molecule has 1 aromatic heterocycles. The number of carbonyl (C=O) groups excluding carboxylic acids is 1. The number of nitrogens with zero attached hydrogens (tertiary/aromatic N) is 1. The quantitative estimate of drug-likeness (QED) is 0.731. The summed E-state index contributed by atoms with van der Waals surface area (Å²) in [4.78, 5) is 15.2. The standard InChI is InChI=1S/C9H9ClN2O/c10-8-4-1-6(5-11-8)9(13)12-7-2-3-7/h1,4-5,7H,2-3H2,(H,12,13). The molecular weight excluding hydrogens is 188 g/mol. The van der Waals surface area contributed by atoms with E-state index in [9.17, 15) is 4.79 Å². The number of hydrogen-bond acceptors (Lipinski definition) is 2. The van der Waals surface area contributed by atoms with Crippen molar-refractivity contribution >= 4 is 17.5 Å². The highest BCUT2D eigenvalue weighted by molar-refractivity contribution is 6.29. The molecule has 1 N–H and O–H groups in total. The third-order valence-electron chi connectivity index (χ3n) is 1.90. The lowest BCUT2D eigenvalue weighted by atomic mass is 10.3. The lowest BCUT2D eigenvalue weighted by Crippen LogP contribution is -2.25. The fraction of sp³-hybridized carbons (Fsp3) is 0.333. The summed E-state index contributed by atoms with van der Waals surface area (Å²) in [5.41, 5.74) is 0.566. The molecule has 1 heterocycles. The molecule has 0 saturated heterocycles. The summed E-state index contributed by atoms with van der Waals surface area (Å²) in [5, 5.41) is 3.27. The summed E-state index contributed by atoms with van der Waals surface area (Å²) in [6.07, 6.45) is 3.67. The second kappa shape index (κ2) is 3.34. The molecule has 0 aromatic carbocycles. The van der Waals surface area contributed by atoms with E-state index in [4.69, 9.17) is 11.6 Å². The van der Waals surface area contributed by atoms with Crippen molar-refractivity contribution in [1.82, 2.24) is 10.3 Å². The zero-order chi connectivity index (χ0) is 9.26. The summed E-state index contributed by atoms with van der Waals surface area (Å²) in [7, 11) is 0. The highest BCUT2D eigenvalue weighted by Crippen LogP contribution is 2.19. The van der Waals surface area contributed by atoms with Gasteiger partial charge in [-0.25, -0.2) is 4.98 Å². The van der Waals surface area contributed by atoms with Crippen LogP contribution in [0, 0.1) is 0 Å². The fourth-order valence-electron chi connectivity index (χ4n) is 1.01. The minimum Gasteiger partial charge on any atom is -0.349 e. The van der Waals surface area contributed by atoms with Gasteiger partial charge in [-0.3, -0.25) is 4.79 Å². The minimum absolute atomic E-state index is 0.0633. The van der Waals surface area contributed by atoms with Crippen LogP contribution in [0.4, 0.5) is 0 Å². The van der Waals surface area contributed by atoms with E-state index in [2.05, 4.69) is 10.3 Å². The van der Waals surface area contributed by atoms with E-state index in [0.29, 0.717) is 16.8 Å². The van der Waals surface area contributed by atoms with Gasteiger partial charge in [0.15, 0.2) is 0 Å². The van der Waals surface area contributed by atoms with Crippen LogP contribution in [-0.2, 0) is 0 Å². The maximum Gasteiger partial charge on any atom is 0.253 e. The molecule has 1 amide bonds. The average Bonchev–Trinajstić information content (AvgIpc) is 2.89. The number of nitrogens with one attached hydrogen (secondary N) is 1. The molecule has 1 aromatic rings.